The molecule has 0 amide bonds. The number of hydrogen-bond donors (Lipinski definition) is 0. The van der Waals surface area contributed by atoms with E-state index >= 15 is 0 Å². The number of unbranched alkanes of at least 4 members (excludes halogenated alkanes) is 10. The average Bonchev–Trinajstić information content (AvgIpc) is 4.17. The van der Waals surface area contributed by atoms with Gasteiger partial charge in [-0.15, -0.1) is 0 Å². The summed E-state index contributed by atoms with van der Waals surface area (Å²) in [5, 5.41) is 4.88. The SMILES string of the molecule is CCCCCCCCC1(CCCCCCCC)c2cc(-c3ccc(-c4ccc(C)cc4)cc3)ccc2-c2ccc(-c3cc(C)nc(-n4c5ccccc5c5cc(-c6ccc7c(c6)c6ccccc6n7-c6ccccc6)ccc54)n3)cc21. The molecule has 0 atom stereocenters. The van der Waals surface area contributed by atoms with Crippen molar-refractivity contribution in [1.29, 1.82) is 0 Å². The zero-order valence-electron chi connectivity index (χ0n) is 47.8. The Balaban J connectivity index is 0.890. The standard InChI is InChI=1S/C77H74N4/c1-5-7-9-11-13-22-46-77(47-23-14-12-10-8-6-2)69-51-60(57-36-34-56(35-37-57)55-32-30-53(3)31-33-55)38-42-63(69)64-43-39-61(52-70(64)77)71-48-54(4)78-76(79-71)81-73-29-21-19-27-66(73)68-50-59(41-45-75(68)81)58-40-44-74-67(49-58)65-26-18-20-28-72(65)80(74)62-24-16-15-17-25-62/h15-21,24-45,48-52H,5-14,22-23,46-47H2,1-4H3. The van der Waals surface area contributed by atoms with Crippen LogP contribution in [0.1, 0.15) is 126 Å². The van der Waals surface area contributed by atoms with Crippen LogP contribution in [0.5, 0.6) is 0 Å². The van der Waals surface area contributed by atoms with Gasteiger partial charge in [0.2, 0.25) is 5.95 Å². The van der Waals surface area contributed by atoms with Crippen LogP contribution in [0.3, 0.4) is 0 Å². The average molecular weight is 1060 g/mol. The van der Waals surface area contributed by atoms with Gasteiger partial charge in [-0.25, -0.2) is 9.97 Å². The van der Waals surface area contributed by atoms with Gasteiger partial charge >= 0.3 is 0 Å². The normalized spacial score (nSPS) is 12.7. The van der Waals surface area contributed by atoms with E-state index in [4.69, 9.17) is 9.97 Å². The Hall–Kier alpha value is -8.34. The third-order valence-electron chi connectivity index (χ3n) is 17.9. The fourth-order valence-corrected chi connectivity index (χ4v) is 13.7. The molecule has 0 saturated heterocycles. The van der Waals surface area contributed by atoms with E-state index in [1.54, 1.807) is 0 Å². The summed E-state index contributed by atoms with van der Waals surface area (Å²) in [5.74, 6) is 0.700. The zero-order chi connectivity index (χ0) is 54.9. The third kappa shape index (κ3) is 9.87. The molecule has 0 unspecified atom stereocenters. The zero-order valence-corrected chi connectivity index (χ0v) is 47.8. The lowest BCUT2D eigenvalue weighted by atomic mass is 9.70. The minimum absolute atomic E-state index is 0.104. The Morgan fingerprint density at radius 1 is 0.346 bits per heavy atom. The van der Waals surface area contributed by atoms with Crippen LogP contribution in [-0.4, -0.2) is 19.1 Å². The number of rotatable bonds is 20. The van der Waals surface area contributed by atoms with E-state index in [-0.39, 0.29) is 5.41 Å². The van der Waals surface area contributed by atoms with Crippen LogP contribution >= 0.6 is 0 Å². The summed E-state index contributed by atoms with van der Waals surface area (Å²) in [7, 11) is 0. The van der Waals surface area contributed by atoms with Crippen LogP contribution in [0, 0.1) is 13.8 Å². The minimum atomic E-state index is -0.104. The molecule has 402 valence electrons. The van der Waals surface area contributed by atoms with Gasteiger partial charge in [0, 0.05) is 43.9 Å². The first kappa shape index (κ1) is 52.1. The molecule has 81 heavy (non-hydrogen) atoms. The Bertz CT molecular complexity index is 4200. The van der Waals surface area contributed by atoms with Crippen LogP contribution in [-0.2, 0) is 5.41 Å². The predicted molar refractivity (Wildman–Crippen MR) is 344 cm³/mol. The van der Waals surface area contributed by atoms with Crippen molar-refractivity contribution < 1.29 is 0 Å². The monoisotopic (exact) mass is 1050 g/mol. The van der Waals surface area contributed by atoms with Gasteiger partial charge in [-0.3, -0.25) is 4.57 Å². The molecule has 0 fully saturated rings. The summed E-state index contributed by atoms with van der Waals surface area (Å²) in [6.45, 7) is 8.93. The number of hydrogen-bond acceptors (Lipinski definition) is 2. The van der Waals surface area contributed by atoms with Gasteiger partial charge < -0.3 is 4.57 Å². The van der Waals surface area contributed by atoms with Crippen LogP contribution in [0.2, 0.25) is 0 Å². The van der Waals surface area contributed by atoms with Crippen LogP contribution < -0.4 is 0 Å². The van der Waals surface area contributed by atoms with Crippen molar-refractivity contribution in [2.24, 2.45) is 0 Å². The maximum Gasteiger partial charge on any atom is 0.235 e. The number of para-hydroxylation sites is 3. The first-order valence-corrected chi connectivity index (χ1v) is 30.3. The van der Waals surface area contributed by atoms with Crippen molar-refractivity contribution in [2.75, 3.05) is 0 Å². The maximum absolute atomic E-state index is 5.58. The molecule has 3 heterocycles. The second-order valence-corrected chi connectivity index (χ2v) is 23.3. The molecular weight excluding hydrogens is 981 g/mol. The van der Waals surface area contributed by atoms with E-state index in [1.807, 2.05) is 0 Å². The highest BCUT2D eigenvalue weighted by Crippen LogP contribution is 2.56. The number of aryl methyl sites for hydroxylation is 2. The van der Waals surface area contributed by atoms with Gasteiger partial charge in [-0.2, -0.15) is 0 Å². The Morgan fingerprint density at radius 3 is 1.37 bits per heavy atom. The van der Waals surface area contributed by atoms with Crippen molar-refractivity contribution in [3.63, 3.8) is 0 Å². The fraction of sp³-hybridized carbons (Fsp3) is 0.247. The molecule has 13 rings (SSSR count). The maximum atomic E-state index is 5.58. The van der Waals surface area contributed by atoms with Gasteiger partial charge in [0.05, 0.1) is 27.8 Å². The summed E-state index contributed by atoms with van der Waals surface area (Å²) in [6.07, 6.45) is 17.7. The van der Waals surface area contributed by atoms with Crippen molar-refractivity contribution in [3.05, 3.63) is 229 Å². The summed E-state index contributed by atoms with van der Waals surface area (Å²) < 4.78 is 4.68. The van der Waals surface area contributed by atoms with E-state index in [2.05, 4.69) is 243 Å². The smallest absolute Gasteiger partial charge is 0.235 e. The molecule has 0 spiro atoms. The minimum Gasteiger partial charge on any atom is -0.309 e. The molecule has 4 nitrogen and oxygen atoms in total. The topological polar surface area (TPSA) is 35.6 Å². The molecule has 3 aromatic heterocycles. The van der Waals surface area contributed by atoms with E-state index in [9.17, 15) is 0 Å². The summed E-state index contributed by atoms with van der Waals surface area (Å²) >= 11 is 0. The van der Waals surface area contributed by atoms with E-state index < -0.39 is 0 Å². The van der Waals surface area contributed by atoms with Crippen LogP contribution in [0.15, 0.2) is 206 Å². The number of aromatic nitrogens is 4. The Morgan fingerprint density at radius 2 is 0.778 bits per heavy atom. The molecule has 12 aromatic rings. The summed E-state index contributed by atoms with van der Waals surface area (Å²) in [4.78, 5) is 10.8. The van der Waals surface area contributed by atoms with E-state index in [0.29, 0.717) is 5.95 Å². The van der Waals surface area contributed by atoms with Crippen LogP contribution in [0.4, 0.5) is 0 Å². The Labute approximate surface area is 479 Å². The lowest BCUT2D eigenvalue weighted by molar-refractivity contribution is 0.398. The summed E-state index contributed by atoms with van der Waals surface area (Å²) in [5.41, 5.74) is 23.3. The second kappa shape index (κ2) is 22.7. The van der Waals surface area contributed by atoms with Crippen molar-refractivity contribution in [2.45, 2.75) is 123 Å². The Kier molecular flexibility index (Phi) is 14.6. The first-order valence-electron chi connectivity index (χ1n) is 30.3. The molecule has 1 aliphatic rings. The molecule has 0 aliphatic heterocycles. The molecule has 0 N–H and O–H groups in total. The highest BCUT2D eigenvalue weighted by molar-refractivity contribution is 6.12. The van der Waals surface area contributed by atoms with Gasteiger partial charge in [-0.1, -0.05) is 236 Å². The van der Waals surface area contributed by atoms with Crippen molar-refractivity contribution >= 4 is 43.6 Å². The second-order valence-electron chi connectivity index (χ2n) is 23.3. The summed E-state index contributed by atoms with van der Waals surface area (Å²) in [6, 6.07) is 77.2. The molecule has 0 saturated carbocycles. The predicted octanol–water partition coefficient (Wildman–Crippen LogP) is 21.7. The van der Waals surface area contributed by atoms with Crippen molar-refractivity contribution in [1.82, 2.24) is 19.1 Å². The largest absolute Gasteiger partial charge is 0.309 e. The lowest BCUT2D eigenvalue weighted by Crippen LogP contribution is -2.25. The van der Waals surface area contributed by atoms with Crippen molar-refractivity contribution in [3.8, 4) is 67.4 Å². The number of nitrogens with zero attached hydrogens (tertiary/aromatic N) is 4. The van der Waals surface area contributed by atoms with Gasteiger partial charge in [0.1, 0.15) is 0 Å². The molecule has 9 aromatic carbocycles. The highest BCUT2D eigenvalue weighted by atomic mass is 15.2. The first-order chi connectivity index (χ1) is 39.9. The van der Waals surface area contributed by atoms with E-state index in [0.717, 1.165) is 40.8 Å². The van der Waals surface area contributed by atoms with E-state index in [1.165, 1.54) is 177 Å². The third-order valence-corrected chi connectivity index (χ3v) is 17.9. The van der Waals surface area contributed by atoms with Gasteiger partial charge in [-0.05, 0) is 149 Å². The molecule has 4 heteroatoms. The van der Waals surface area contributed by atoms with Gasteiger partial charge in [0.15, 0.2) is 0 Å². The quantitative estimate of drug-likeness (QED) is 0.0713. The number of benzene rings is 9. The molecular formula is C77H74N4. The highest BCUT2D eigenvalue weighted by Gasteiger charge is 2.43. The molecule has 0 radical (unpaired) electrons. The molecule has 0 bridgehead atoms. The molecule has 1 aliphatic carbocycles. The van der Waals surface area contributed by atoms with Gasteiger partial charge in [0.25, 0.3) is 0 Å². The number of fused-ring (bicyclic) bond motifs is 9. The van der Waals surface area contributed by atoms with Crippen LogP contribution in [0.25, 0.3) is 111 Å². The fourth-order valence-electron chi connectivity index (χ4n) is 13.7. The lowest BCUT2D eigenvalue weighted by Gasteiger charge is -2.33.